The highest BCUT2D eigenvalue weighted by Gasteiger charge is 2.29. The van der Waals surface area contributed by atoms with E-state index in [1.165, 1.54) is 0 Å². The first-order chi connectivity index (χ1) is 9.22. The number of hydrogen-bond acceptors (Lipinski definition) is 4. The SMILES string of the molecule is CCNC(=NCc1ccon1)NCC1(C)CCCO1.I. The molecule has 1 fully saturated rings. The molecule has 1 aromatic rings. The zero-order valence-corrected chi connectivity index (χ0v) is 14.3. The van der Waals surface area contributed by atoms with Crippen LogP contribution < -0.4 is 10.6 Å². The summed E-state index contributed by atoms with van der Waals surface area (Å²) in [7, 11) is 0. The molecular formula is C13H23IN4O2. The summed E-state index contributed by atoms with van der Waals surface area (Å²) in [6.07, 6.45) is 3.77. The van der Waals surface area contributed by atoms with Crippen LogP contribution in [0, 0.1) is 0 Å². The van der Waals surface area contributed by atoms with Crippen molar-refractivity contribution in [3.05, 3.63) is 18.0 Å². The second-order valence-corrected chi connectivity index (χ2v) is 4.94. The fraction of sp³-hybridized carbons (Fsp3) is 0.692. The summed E-state index contributed by atoms with van der Waals surface area (Å²) < 4.78 is 10.5. The van der Waals surface area contributed by atoms with Crippen LogP contribution in [0.4, 0.5) is 0 Å². The van der Waals surface area contributed by atoms with Crippen LogP contribution in [0.15, 0.2) is 21.8 Å². The van der Waals surface area contributed by atoms with Gasteiger partial charge in [0.1, 0.15) is 12.0 Å². The molecule has 2 N–H and O–H groups in total. The molecule has 2 heterocycles. The van der Waals surface area contributed by atoms with Gasteiger partial charge in [-0.2, -0.15) is 0 Å². The lowest BCUT2D eigenvalue weighted by Crippen LogP contribution is -2.45. The van der Waals surface area contributed by atoms with Crippen LogP contribution in [0.5, 0.6) is 0 Å². The first-order valence-corrected chi connectivity index (χ1v) is 6.77. The van der Waals surface area contributed by atoms with Crippen LogP contribution in [0.25, 0.3) is 0 Å². The average Bonchev–Trinajstić information content (AvgIpc) is 3.05. The smallest absolute Gasteiger partial charge is 0.191 e. The first-order valence-electron chi connectivity index (χ1n) is 6.77. The van der Waals surface area contributed by atoms with Crippen molar-refractivity contribution in [3.63, 3.8) is 0 Å². The molecule has 0 radical (unpaired) electrons. The van der Waals surface area contributed by atoms with E-state index in [1.54, 1.807) is 6.26 Å². The molecule has 1 unspecified atom stereocenters. The predicted molar refractivity (Wildman–Crippen MR) is 88.3 cm³/mol. The number of nitrogens with zero attached hydrogens (tertiary/aromatic N) is 2. The second-order valence-electron chi connectivity index (χ2n) is 4.94. The molecule has 0 amide bonds. The van der Waals surface area contributed by atoms with Gasteiger partial charge in [0, 0.05) is 25.8 Å². The Labute approximate surface area is 136 Å². The Bertz CT molecular complexity index is 403. The maximum absolute atomic E-state index is 5.75. The number of nitrogens with one attached hydrogen (secondary N) is 2. The molecule has 0 saturated carbocycles. The Hall–Kier alpha value is -0.830. The Balaban J connectivity index is 0.00000200. The number of aliphatic imine (C=N–C) groups is 1. The molecule has 2 rings (SSSR count). The van der Waals surface area contributed by atoms with Crippen molar-refractivity contribution in [2.45, 2.75) is 38.8 Å². The minimum absolute atomic E-state index is 0. The molecule has 0 aromatic carbocycles. The van der Waals surface area contributed by atoms with E-state index in [2.05, 4.69) is 27.7 Å². The quantitative estimate of drug-likeness (QED) is 0.454. The van der Waals surface area contributed by atoms with Crippen molar-refractivity contribution in [1.82, 2.24) is 15.8 Å². The third-order valence-corrected chi connectivity index (χ3v) is 3.16. The molecule has 1 aliphatic heterocycles. The summed E-state index contributed by atoms with van der Waals surface area (Å²) in [5.74, 6) is 0.780. The van der Waals surface area contributed by atoms with Crippen molar-refractivity contribution >= 4 is 29.9 Å². The maximum atomic E-state index is 5.75. The molecule has 1 atom stereocenters. The monoisotopic (exact) mass is 394 g/mol. The minimum atomic E-state index is -0.0793. The van der Waals surface area contributed by atoms with Crippen LogP contribution >= 0.6 is 24.0 Å². The molecule has 7 heteroatoms. The van der Waals surface area contributed by atoms with Gasteiger partial charge in [0.15, 0.2) is 5.96 Å². The van der Waals surface area contributed by atoms with Gasteiger partial charge in [-0.25, -0.2) is 4.99 Å². The van der Waals surface area contributed by atoms with E-state index in [0.29, 0.717) is 6.54 Å². The minimum Gasteiger partial charge on any atom is -0.373 e. The molecule has 0 spiro atoms. The van der Waals surface area contributed by atoms with E-state index < -0.39 is 0 Å². The summed E-state index contributed by atoms with van der Waals surface area (Å²) >= 11 is 0. The van der Waals surface area contributed by atoms with Gasteiger partial charge in [0.05, 0.1) is 12.1 Å². The summed E-state index contributed by atoms with van der Waals surface area (Å²) in [5.41, 5.74) is 0.741. The maximum Gasteiger partial charge on any atom is 0.191 e. The van der Waals surface area contributed by atoms with Crippen molar-refractivity contribution < 1.29 is 9.26 Å². The fourth-order valence-electron chi connectivity index (χ4n) is 2.07. The van der Waals surface area contributed by atoms with Crippen LogP contribution in [0.2, 0.25) is 0 Å². The fourth-order valence-corrected chi connectivity index (χ4v) is 2.07. The summed E-state index contributed by atoms with van der Waals surface area (Å²) in [6, 6.07) is 1.81. The van der Waals surface area contributed by atoms with Crippen LogP contribution in [-0.4, -0.2) is 36.4 Å². The van der Waals surface area contributed by atoms with Gasteiger partial charge in [-0.05, 0) is 26.7 Å². The highest BCUT2D eigenvalue weighted by atomic mass is 127. The Morgan fingerprint density at radius 3 is 2.95 bits per heavy atom. The number of halogens is 1. The Morgan fingerprint density at radius 2 is 2.35 bits per heavy atom. The summed E-state index contributed by atoms with van der Waals surface area (Å²) in [4.78, 5) is 4.46. The molecule has 1 saturated heterocycles. The normalized spacial score (nSPS) is 22.4. The highest BCUT2D eigenvalue weighted by molar-refractivity contribution is 14.0. The van der Waals surface area contributed by atoms with Gasteiger partial charge >= 0.3 is 0 Å². The number of guanidine groups is 1. The van der Waals surface area contributed by atoms with E-state index >= 15 is 0 Å². The van der Waals surface area contributed by atoms with Gasteiger partial charge in [0.25, 0.3) is 0 Å². The largest absolute Gasteiger partial charge is 0.373 e. The standard InChI is InChI=1S/C13H22N4O2.HI/c1-3-14-12(15-9-11-5-8-19-17-11)16-10-13(2)6-4-7-18-13;/h5,8H,3-4,6-7,9-10H2,1-2H3,(H2,14,15,16);1H. The van der Waals surface area contributed by atoms with E-state index in [0.717, 1.165) is 44.2 Å². The molecule has 0 bridgehead atoms. The summed E-state index contributed by atoms with van der Waals surface area (Å²) in [5, 5.41) is 10.4. The first kappa shape index (κ1) is 17.2. The second kappa shape index (κ2) is 8.46. The Morgan fingerprint density at radius 1 is 1.50 bits per heavy atom. The Kier molecular flexibility index (Phi) is 7.28. The van der Waals surface area contributed by atoms with Crippen LogP contribution in [0.3, 0.4) is 0 Å². The molecule has 1 aliphatic rings. The lowest BCUT2D eigenvalue weighted by atomic mass is 10.0. The average molecular weight is 394 g/mol. The molecule has 6 nitrogen and oxygen atoms in total. The van der Waals surface area contributed by atoms with E-state index in [-0.39, 0.29) is 29.6 Å². The number of aromatic nitrogens is 1. The molecular weight excluding hydrogens is 371 g/mol. The van der Waals surface area contributed by atoms with Gasteiger partial charge in [-0.15, -0.1) is 24.0 Å². The molecule has 114 valence electrons. The summed E-state index contributed by atoms with van der Waals surface area (Å²) in [6.45, 7) is 7.11. The zero-order valence-electron chi connectivity index (χ0n) is 12.0. The van der Waals surface area contributed by atoms with Crippen LogP contribution in [-0.2, 0) is 11.3 Å². The lowest BCUT2D eigenvalue weighted by molar-refractivity contribution is 0.0243. The number of ether oxygens (including phenoxy) is 1. The molecule has 1 aromatic heterocycles. The van der Waals surface area contributed by atoms with Gasteiger partial charge in [-0.3, -0.25) is 0 Å². The van der Waals surface area contributed by atoms with Crippen molar-refractivity contribution in [3.8, 4) is 0 Å². The van der Waals surface area contributed by atoms with E-state index in [4.69, 9.17) is 9.26 Å². The topological polar surface area (TPSA) is 71.7 Å². The lowest BCUT2D eigenvalue weighted by Gasteiger charge is -2.24. The molecule has 0 aliphatic carbocycles. The van der Waals surface area contributed by atoms with Gasteiger partial charge in [-0.1, -0.05) is 5.16 Å². The highest BCUT2D eigenvalue weighted by Crippen LogP contribution is 2.23. The van der Waals surface area contributed by atoms with Gasteiger partial charge < -0.3 is 19.9 Å². The molecule has 20 heavy (non-hydrogen) atoms. The van der Waals surface area contributed by atoms with Crippen molar-refractivity contribution in [2.75, 3.05) is 19.7 Å². The van der Waals surface area contributed by atoms with Crippen molar-refractivity contribution in [1.29, 1.82) is 0 Å². The van der Waals surface area contributed by atoms with Crippen LogP contribution in [0.1, 0.15) is 32.4 Å². The predicted octanol–water partition coefficient (Wildman–Crippen LogP) is 1.92. The van der Waals surface area contributed by atoms with E-state index in [9.17, 15) is 0 Å². The number of hydrogen-bond donors (Lipinski definition) is 2. The van der Waals surface area contributed by atoms with E-state index in [1.807, 2.05) is 13.0 Å². The number of rotatable bonds is 5. The van der Waals surface area contributed by atoms with Crippen molar-refractivity contribution in [2.24, 2.45) is 4.99 Å². The third kappa shape index (κ3) is 5.28. The van der Waals surface area contributed by atoms with Gasteiger partial charge in [0.2, 0.25) is 0 Å². The third-order valence-electron chi connectivity index (χ3n) is 3.16. The zero-order chi connectivity index (χ0) is 13.6.